The summed E-state index contributed by atoms with van der Waals surface area (Å²) < 4.78 is 77.8. The summed E-state index contributed by atoms with van der Waals surface area (Å²) in [6, 6.07) is 0. The van der Waals surface area contributed by atoms with Crippen LogP contribution in [0.1, 0.15) is 65.2 Å². The van der Waals surface area contributed by atoms with E-state index in [2.05, 4.69) is 13.5 Å². The molecule has 3 saturated carbocycles. The first-order chi connectivity index (χ1) is 16.5. The fraction of sp³-hybridized carbons (Fsp3) is 0.704. The molecule has 3 nitrogen and oxygen atoms in total. The fourth-order valence-electron chi connectivity index (χ4n) is 6.65. The number of hydrogen-bond donors (Lipinski definition) is 3. The predicted molar refractivity (Wildman–Crippen MR) is 125 cm³/mol. The zero-order valence-electron chi connectivity index (χ0n) is 20.7. The number of allylic oxidation sites excluding steroid dienone is 4. The molecule has 0 saturated heterocycles. The molecule has 3 rings (SSSR count). The highest BCUT2D eigenvalue weighted by molar-refractivity contribution is 5.38. The number of fused-ring (bicyclic) bond motifs is 1. The maximum absolute atomic E-state index is 13.0. The van der Waals surface area contributed by atoms with Gasteiger partial charge in [-0.1, -0.05) is 44.2 Å². The summed E-state index contributed by atoms with van der Waals surface area (Å²) in [6.45, 7) is 7.94. The molecule has 0 aromatic rings. The molecule has 36 heavy (non-hydrogen) atoms. The fourth-order valence-corrected chi connectivity index (χ4v) is 6.65. The molecule has 3 aliphatic carbocycles. The third kappa shape index (κ3) is 5.48. The van der Waals surface area contributed by atoms with Gasteiger partial charge in [0.1, 0.15) is 0 Å². The lowest BCUT2D eigenvalue weighted by Gasteiger charge is -2.44. The number of aliphatic hydroxyl groups excluding tert-OH is 2. The van der Waals surface area contributed by atoms with Crippen molar-refractivity contribution in [2.24, 2.45) is 23.2 Å². The van der Waals surface area contributed by atoms with E-state index in [-0.39, 0.29) is 42.1 Å². The maximum atomic E-state index is 13.0. The van der Waals surface area contributed by atoms with Crippen LogP contribution in [0.2, 0.25) is 0 Å². The Bertz CT molecular complexity index is 901. The van der Waals surface area contributed by atoms with E-state index in [1.54, 1.807) is 0 Å². The Morgan fingerprint density at radius 3 is 2.33 bits per heavy atom. The van der Waals surface area contributed by atoms with E-state index in [4.69, 9.17) is 0 Å². The van der Waals surface area contributed by atoms with E-state index in [0.717, 1.165) is 43.8 Å². The standard InChI is InChI=1S/C27H36F6O3/c1-16(6-4-13-25(36,26(28,29)30)27(31,32)33)21-10-11-22-18(7-5-12-24(21,22)3)8-9-19-14-20(34)15-23(35)17(19)2/h4,8-9,13,16,20-23,34-36H,2,5-7,10-12,14-15H2,1,3H3/t16-,20?,21?,22?,23?,24-/m1/s1. The second-order valence-electron chi connectivity index (χ2n) is 11.0. The Balaban J connectivity index is 1.75. The molecule has 3 aliphatic rings. The molecule has 0 heterocycles. The second kappa shape index (κ2) is 10.3. The van der Waals surface area contributed by atoms with Crippen molar-refractivity contribution in [3.63, 3.8) is 0 Å². The van der Waals surface area contributed by atoms with Crippen LogP contribution in [-0.2, 0) is 0 Å². The van der Waals surface area contributed by atoms with Crippen LogP contribution in [0.25, 0.3) is 0 Å². The van der Waals surface area contributed by atoms with Gasteiger partial charge in [-0.3, -0.25) is 0 Å². The topological polar surface area (TPSA) is 60.7 Å². The highest BCUT2D eigenvalue weighted by atomic mass is 19.4. The summed E-state index contributed by atoms with van der Waals surface area (Å²) in [5, 5.41) is 29.4. The number of aliphatic hydroxyl groups is 3. The van der Waals surface area contributed by atoms with Crippen LogP contribution in [0, 0.1) is 23.2 Å². The Kier molecular flexibility index (Phi) is 8.29. The average Bonchev–Trinajstić information content (AvgIpc) is 3.11. The molecular weight excluding hydrogens is 486 g/mol. The minimum Gasteiger partial charge on any atom is -0.393 e. The van der Waals surface area contributed by atoms with E-state index < -0.39 is 30.2 Å². The lowest BCUT2D eigenvalue weighted by atomic mass is 9.61. The monoisotopic (exact) mass is 522 g/mol. The summed E-state index contributed by atoms with van der Waals surface area (Å²) >= 11 is 0. The molecule has 0 aliphatic heterocycles. The van der Waals surface area contributed by atoms with Crippen molar-refractivity contribution in [1.82, 2.24) is 0 Å². The van der Waals surface area contributed by atoms with Gasteiger partial charge >= 0.3 is 12.4 Å². The quantitative estimate of drug-likeness (QED) is 0.283. The van der Waals surface area contributed by atoms with Crippen molar-refractivity contribution >= 4 is 0 Å². The molecule has 6 atom stereocenters. The third-order valence-corrected chi connectivity index (χ3v) is 8.72. The van der Waals surface area contributed by atoms with E-state index >= 15 is 0 Å². The average molecular weight is 523 g/mol. The largest absolute Gasteiger partial charge is 0.429 e. The Labute approximate surface area is 208 Å². The van der Waals surface area contributed by atoms with Crippen LogP contribution in [0.15, 0.2) is 47.6 Å². The maximum Gasteiger partial charge on any atom is 0.429 e. The molecule has 4 unspecified atom stereocenters. The van der Waals surface area contributed by atoms with Gasteiger partial charge < -0.3 is 15.3 Å². The highest BCUT2D eigenvalue weighted by Gasteiger charge is 2.69. The van der Waals surface area contributed by atoms with Crippen LogP contribution in [0.3, 0.4) is 0 Å². The molecule has 0 amide bonds. The lowest BCUT2D eigenvalue weighted by molar-refractivity contribution is -0.347. The van der Waals surface area contributed by atoms with E-state index in [9.17, 15) is 41.7 Å². The first-order valence-electron chi connectivity index (χ1n) is 12.5. The predicted octanol–water partition coefficient (Wildman–Crippen LogP) is 6.57. The molecule has 0 spiro atoms. The summed E-state index contributed by atoms with van der Waals surface area (Å²) in [5.74, 6) is 0.193. The Morgan fingerprint density at radius 2 is 1.72 bits per heavy atom. The zero-order chi connectivity index (χ0) is 27.1. The van der Waals surface area contributed by atoms with Gasteiger partial charge in [0.05, 0.1) is 12.2 Å². The van der Waals surface area contributed by atoms with Crippen LogP contribution >= 0.6 is 0 Å². The van der Waals surface area contributed by atoms with E-state index in [1.807, 2.05) is 19.1 Å². The Morgan fingerprint density at radius 1 is 1.08 bits per heavy atom. The molecule has 3 fully saturated rings. The van der Waals surface area contributed by atoms with Crippen molar-refractivity contribution < 1.29 is 41.7 Å². The minimum atomic E-state index is -5.86. The molecule has 0 aromatic carbocycles. The number of halogens is 6. The Hall–Kier alpha value is -1.58. The molecule has 0 radical (unpaired) electrons. The number of alkyl halides is 6. The number of hydrogen-bond acceptors (Lipinski definition) is 3. The molecule has 0 bridgehead atoms. The van der Waals surface area contributed by atoms with Gasteiger partial charge in [-0.25, -0.2) is 0 Å². The van der Waals surface area contributed by atoms with Crippen LogP contribution in [-0.4, -0.2) is 45.5 Å². The molecular formula is C27H36F6O3. The minimum absolute atomic E-state index is 0.000145. The van der Waals surface area contributed by atoms with Crippen molar-refractivity contribution in [2.75, 3.05) is 0 Å². The van der Waals surface area contributed by atoms with Crippen molar-refractivity contribution in [1.29, 1.82) is 0 Å². The van der Waals surface area contributed by atoms with Gasteiger partial charge in [0.15, 0.2) is 0 Å². The van der Waals surface area contributed by atoms with Gasteiger partial charge in [0, 0.05) is 6.42 Å². The van der Waals surface area contributed by atoms with Gasteiger partial charge in [-0.15, -0.1) is 0 Å². The van der Waals surface area contributed by atoms with Gasteiger partial charge in [-0.2, -0.15) is 26.3 Å². The number of rotatable bonds is 5. The van der Waals surface area contributed by atoms with Gasteiger partial charge in [0.25, 0.3) is 5.60 Å². The van der Waals surface area contributed by atoms with Crippen LogP contribution in [0.5, 0.6) is 0 Å². The van der Waals surface area contributed by atoms with Crippen molar-refractivity contribution in [3.8, 4) is 0 Å². The molecule has 9 heteroatoms. The van der Waals surface area contributed by atoms with E-state index in [0.29, 0.717) is 12.0 Å². The third-order valence-electron chi connectivity index (χ3n) is 8.72. The van der Waals surface area contributed by atoms with Crippen LogP contribution in [0.4, 0.5) is 26.3 Å². The lowest BCUT2D eigenvalue weighted by Crippen LogP contribution is -2.55. The smallest absolute Gasteiger partial charge is 0.393 e. The summed E-state index contributed by atoms with van der Waals surface area (Å²) in [4.78, 5) is 0. The normalized spacial score (nSPS) is 35.6. The van der Waals surface area contributed by atoms with Gasteiger partial charge in [0.2, 0.25) is 0 Å². The highest BCUT2D eigenvalue weighted by Crippen LogP contribution is 2.60. The molecule has 204 valence electrons. The molecule has 0 aromatic heterocycles. The second-order valence-corrected chi connectivity index (χ2v) is 11.0. The van der Waals surface area contributed by atoms with Gasteiger partial charge in [-0.05, 0) is 85.3 Å². The first kappa shape index (κ1) is 29.0. The summed E-state index contributed by atoms with van der Waals surface area (Å²) in [6.07, 6.45) is -3.35. The van der Waals surface area contributed by atoms with Crippen LogP contribution < -0.4 is 0 Å². The summed E-state index contributed by atoms with van der Waals surface area (Å²) in [7, 11) is 0. The zero-order valence-corrected chi connectivity index (χ0v) is 20.7. The first-order valence-corrected chi connectivity index (χ1v) is 12.5. The van der Waals surface area contributed by atoms with E-state index in [1.165, 1.54) is 5.57 Å². The molecule has 3 N–H and O–H groups in total. The van der Waals surface area contributed by atoms with Crippen molar-refractivity contribution in [2.45, 2.75) is 95.4 Å². The van der Waals surface area contributed by atoms with Crippen molar-refractivity contribution in [3.05, 3.63) is 47.6 Å². The SMILES string of the molecule is C=C1C(=CC=C2CCC[C@@]3(C)C2CCC3[C@H](C)CC=CC(O)(C(F)(F)F)C(F)(F)F)CC(O)CC1O. The summed E-state index contributed by atoms with van der Waals surface area (Å²) in [5.41, 5.74) is -2.33.